The van der Waals surface area contributed by atoms with Crippen LogP contribution in [-0.4, -0.2) is 91.3 Å². The number of hydrazone groups is 3. The molecule has 0 saturated heterocycles. The zero-order chi connectivity index (χ0) is 50.5. The van der Waals surface area contributed by atoms with Gasteiger partial charge in [0.1, 0.15) is 55.2 Å². The van der Waals surface area contributed by atoms with Crippen molar-refractivity contribution in [2.45, 2.75) is 174 Å². The maximum absolute atomic E-state index is 12.0. The first kappa shape index (κ1) is 48.9. The van der Waals surface area contributed by atoms with E-state index in [2.05, 4.69) is 125 Å². The third kappa shape index (κ3) is 9.44. The van der Waals surface area contributed by atoms with Gasteiger partial charge in [-0.1, -0.05) is 41.5 Å². The zero-order valence-corrected chi connectivity index (χ0v) is 43.3. The number of nitrogens with zero attached hydrogens (tertiary/aromatic N) is 6. The highest BCUT2D eigenvalue weighted by molar-refractivity contribution is 6.11. The van der Waals surface area contributed by atoms with E-state index in [1.807, 2.05) is 35.5 Å². The predicted octanol–water partition coefficient (Wildman–Crippen LogP) is 8.42. The molecule has 0 radical (unpaired) electrons. The van der Waals surface area contributed by atoms with Crippen LogP contribution in [0.1, 0.15) is 155 Å². The zero-order valence-electron chi connectivity index (χ0n) is 43.3. The normalized spacial score (nSPS) is 22.8. The SMILES string of the molecule is CC(C)c1cc2c(cc1NC1CCC1)N1C(=NNC(=O)C1C)CO2.CC(C)c1cc2c(cc1NC1CCC1)N1C(=NNC(=O)[C@@H]1C)CO2.CC(C)c1cc2c(cc1NC1CCC1)N1C(=NNC(=O)[C@H]1C)CO2. The van der Waals surface area contributed by atoms with Crippen LogP contribution >= 0.6 is 0 Å². The van der Waals surface area contributed by atoms with Gasteiger partial charge in [0.15, 0.2) is 17.5 Å². The summed E-state index contributed by atoms with van der Waals surface area (Å²) in [7, 11) is 0. The molecule has 18 heteroatoms. The number of carbonyl (C=O) groups excluding carboxylic acids is 3. The van der Waals surface area contributed by atoms with Gasteiger partial charge in [-0.05, 0) is 149 Å². The lowest BCUT2D eigenvalue weighted by atomic mass is 9.91. The first-order valence-corrected chi connectivity index (χ1v) is 26.3. The second-order valence-electron chi connectivity index (χ2n) is 21.5. The van der Waals surface area contributed by atoms with Gasteiger partial charge in [-0.15, -0.1) is 0 Å². The van der Waals surface area contributed by atoms with Crippen LogP contribution in [0.15, 0.2) is 51.7 Å². The van der Waals surface area contributed by atoms with E-state index < -0.39 is 0 Å². The molecule has 3 aliphatic carbocycles. The summed E-state index contributed by atoms with van der Waals surface area (Å²) in [5.74, 6) is 5.68. The van der Waals surface area contributed by atoms with Crippen molar-refractivity contribution < 1.29 is 28.6 Å². The number of amidine groups is 3. The summed E-state index contributed by atoms with van der Waals surface area (Å²) in [4.78, 5) is 42.1. The average molecular weight is 985 g/mol. The molecule has 3 aromatic carbocycles. The van der Waals surface area contributed by atoms with Gasteiger partial charge in [0, 0.05) is 35.2 Å². The Bertz CT molecular complexity index is 2420. The third-order valence-corrected chi connectivity index (χ3v) is 15.5. The molecule has 0 spiro atoms. The van der Waals surface area contributed by atoms with Gasteiger partial charge >= 0.3 is 0 Å². The minimum absolute atomic E-state index is 0.0898. The van der Waals surface area contributed by atoms with Crippen molar-refractivity contribution in [2.75, 3.05) is 50.5 Å². The Hall–Kier alpha value is -6.72. The van der Waals surface area contributed by atoms with Crippen LogP contribution in [0.4, 0.5) is 34.1 Å². The summed E-state index contributed by atoms with van der Waals surface area (Å²) in [5, 5.41) is 23.5. The molecule has 3 fully saturated rings. The van der Waals surface area contributed by atoms with Crippen molar-refractivity contribution in [3.8, 4) is 17.2 Å². The largest absolute Gasteiger partial charge is 0.483 e. The van der Waals surface area contributed by atoms with Crippen LogP contribution in [0.3, 0.4) is 0 Å². The molecule has 9 aliphatic rings. The fourth-order valence-electron chi connectivity index (χ4n) is 10.4. The Kier molecular flexibility index (Phi) is 13.6. The van der Waals surface area contributed by atoms with E-state index in [0.29, 0.717) is 55.7 Å². The van der Waals surface area contributed by atoms with E-state index in [1.165, 1.54) is 74.5 Å². The van der Waals surface area contributed by atoms with E-state index in [-0.39, 0.29) is 35.8 Å². The number of ether oxygens (including phenoxy) is 3. The summed E-state index contributed by atoms with van der Waals surface area (Å²) in [5.41, 5.74) is 17.7. The summed E-state index contributed by atoms with van der Waals surface area (Å²) >= 11 is 0. The highest BCUT2D eigenvalue weighted by Crippen LogP contribution is 2.45. The number of rotatable bonds is 9. The van der Waals surface area contributed by atoms with Gasteiger partial charge in [0.05, 0.1) is 17.1 Å². The lowest BCUT2D eigenvalue weighted by Gasteiger charge is -2.39. The molecular weight excluding hydrogens is 913 g/mol. The quantitative estimate of drug-likeness (QED) is 0.120. The molecule has 1 unspecified atom stereocenters. The van der Waals surface area contributed by atoms with E-state index in [4.69, 9.17) is 14.2 Å². The Morgan fingerprint density at radius 3 is 0.944 bits per heavy atom. The maximum Gasteiger partial charge on any atom is 0.262 e. The molecule has 18 nitrogen and oxygen atoms in total. The van der Waals surface area contributed by atoms with Crippen LogP contribution in [0.25, 0.3) is 0 Å². The number of carbonyl (C=O) groups is 3. The first-order valence-electron chi connectivity index (χ1n) is 26.3. The predicted molar refractivity (Wildman–Crippen MR) is 284 cm³/mol. The molecular formula is C54H72N12O6. The summed E-state index contributed by atoms with van der Waals surface area (Å²) in [6.45, 7) is 20.0. The number of fused-ring (bicyclic) bond motifs is 9. The summed E-state index contributed by atoms with van der Waals surface area (Å²) < 4.78 is 17.7. The van der Waals surface area contributed by atoms with Crippen molar-refractivity contribution in [3.05, 3.63) is 53.1 Å². The molecule has 384 valence electrons. The van der Waals surface area contributed by atoms with Crippen LogP contribution in [0.2, 0.25) is 0 Å². The standard InChI is InChI=1S/3C18H24N4O2/c3*1-10(2)13-7-16-15(8-14(13)19-12-5-4-6-12)22-11(3)18(23)21-20-17(22)9-24-16/h3*7-8,10-12,19H,4-6,9H2,1-3H3,(H,21,23)/t2*11-;/m10./s1. The second kappa shape index (κ2) is 20.1. The van der Waals surface area contributed by atoms with Crippen molar-refractivity contribution in [1.29, 1.82) is 0 Å². The molecule has 12 rings (SSSR count). The Morgan fingerprint density at radius 1 is 0.458 bits per heavy atom. The van der Waals surface area contributed by atoms with Gasteiger partial charge in [-0.2, -0.15) is 15.3 Å². The van der Waals surface area contributed by atoms with Crippen LogP contribution in [-0.2, 0) is 14.4 Å². The van der Waals surface area contributed by atoms with Crippen molar-refractivity contribution in [1.82, 2.24) is 16.3 Å². The van der Waals surface area contributed by atoms with Crippen molar-refractivity contribution >= 4 is 69.4 Å². The number of nitrogens with one attached hydrogen (secondary N) is 6. The van der Waals surface area contributed by atoms with Gasteiger partial charge in [-0.3, -0.25) is 14.4 Å². The molecule has 0 aromatic heterocycles. The third-order valence-electron chi connectivity index (χ3n) is 15.5. The highest BCUT2D eigenvalue weighted by atomic mass is 16.5. The fourth-order valence-corrected chi connectivity index (χ4v) is 10.4. The monoisotopic (exact) mass is 985 g/mol. The van der Waals surface area contributed by atoms with Gasteiger partial charge in [0.2, 0.25) is 0 Å². The molecule has 6 heterocycles. The van der Waals surface area contributed by atoms with E-state index in [1.54, 1.807) is 0 Å². The minimum atomic E-state index is -0.290. The molecule has 3 amide bonds. The summed E-state index contributed by atoms with van der Waals surface area (Å²) in [6.07, 6.45) is 11.2. The first-order chi connectivity index (χ1) is 34.6. The molecule has 6 aliphatic heterocycles. The minimum Gasteiger partial charge on any atom is -0.483 e. The molecule has 6 N–H and O–H groups in total. The Balaban J connectivity index is 0.000000124. The highest BCUT2D eigenvalue weighted by Gasteiger charge is 2.39. The maximum atomic E-state index is 12.0. The molecule has 3 saturated carbocycles. The van der Waals surface area contributed by atoms with Crippen LogP contribution in [0, 0.1) is 0 Å². The summed E-state index contributed by atoms with van der Waals surface area (Å²) in [6, 6.07) is 13.6. The van der Waals surface area contributed by atoms with Crippen molar-refractivity contribution in [2.24, 2.45) is 15.3 Å². The smallest absolute Gasteiger partial charge is 0.262 e. The molecule has 72 heavy (non-hydrogen) atoms. The lowest BCUT2D eigenvalue weighted by molar-refractivity contribution is -0.123. The van der Waals surface area contributed by atoms with Crippen LogP contribution in [0.5, 0.6) is 17.2 Å². The van der Waals surface area contributed by atoms with E-state index >= 15 is 0 Å². The molecule has 0 bridgehead atoms. The number of hydrogen-bond donors (Lipinski definition) is 6. The number of amides is 3. The molecule has 3 atom stereocenters. The lowest BCUT2D eigenvalue weighted by Crippen LogP contribution is -2.55. The fraction of sp³-hybridized carbons (Fsp3) is 0.556. The average Bonchev–Trinajstić information content (AvgIpc) is 3.32. The van der Waals surface area contributed by atoms with Gasteiger partial charge < -0.3 is 44.9 Å². The molecule has 3 aromatic rings. The number of hydrogen-bond acceptors (Lipinski definition) is 15. The van der Waals surface area contributed by atoms with E-state index in [9.17, 15) is 14.4 Å². The topological polar surface area (TPSA) is 198 Å². The van der Waals surface area contributed by atoms with E-state index in [0.717, 1.165) is 68.9 Å². The van der Waals surface area contributed by atoms with Crippen molar-refractivity contribution in [3.63, 3.8) is 0 Å². The Morgan fingerprint density at radius 2 is 0.722 bits per heavy atom. The van der Waals surface area contributed by atoms with Gasteiger partial charge in [-0.25, -0.2) is 16.3 Å². The second-order valence-corrected chi connectivity index (χ2v) is 21.5. The van der Waals surface area contributed by atoms with Crippen LogP contribution < -0.4 is 61.1 Å². The number of anilines is 6. The van der Waals surface area contributed by atoms with Gasteiger partial charge in [0.25, 0.3) is 17.7 Å². The number of benzene rings is 3. The Labute approximate surface area is 423 Å².